The zero-order valence-electron chi connectivity index (χ0n) is 17.2. The topological polar surface area (TPSA) is 59.8 Å². The maximum absolute atomic E-state index is 12.8. The van der Waals surface area contributed by atoms with Crippen LogP contribution in [0.4, 0.5) is 0 Å². The van der Waals surface area contributed by atoms with E-state index in [1.807, 2.05) is 63.2 Å². The first kappa shape index (κ1) is 19.8. The van der Waals surface area contributed by atoms with Crippen LogP contribution in [0.5, 0.6) is 0 Å². The summed E-state index contributed by atoms with van der Waals surface area (Å²) in [6, 6.07) is 18.4. The van der Waals surface area contributed by atoms with Crippen LogP contribution < -0.4 is 5.32 Å². The van der Waals surface area contributed by atoms with E-state index in [1.54, 1.807) is 4.68 Å². The van der Waals surface area contributed by atoms with Gasteiger partial charge in [-0.15, -0.1) is 5.10 Å². The van der Waals surface area contributed by atoms with Gasteiger partial charge in [-0.1, -0.05) is 61.5 Å². The van der Waals surface area contributed by atoms with Crippen molar-refractivity contribution in [3.63, 3.8) is 0 Å². The van der Waals surface area contributed by atoms with Crippen LogP contribution in [-0.4, -0.2) is 26.9 Å². The zero-order valence-corrected chi connectivity index (χ0v) is 17.2. The van der Waals surface area contributed by atoms with Gasteiger partial charge in [0.25, 0.3) is 5.91 Å². The molecular formula is C23H28N4O. The SMILES string of the molecule is Cc1cccc(-n2nnc(C(=O)NC(C)CC(C)(C)c3ccccc3)c2C)c1. The third-order valence-corrected chi connectivity index (χ3v) is 5.11. The van der Waals surface area contributed by atoms with Gasteiger partial charge >= 0.3 is 0 Å². The van der Waals surface area contributed by atoms with Crippen molar-refractivity contribution in [3.8, 4) is 5.69 Å². The molecule has 0 aliphatic heterocycles. The van der Waals surface area contributed by atoms with Crippen molar-refractivity contribution < 1.29 is 4.79 Å². The maximum Gasteiger partial charge on any atom is 0.273 e. The van der Waals surface area contributed by atoms with E-state index in [2.05, 4.69) is 41.6 Å². The van der Waals surface area contributed by atoms with Gasteiger partial charge < -0.3 is 5.32 Å². The third-order valence-electron chi connectivity index (χ3n) is 5.11. The van der Waals surface area contributed by atoms with E-state index in [-0.39, 0.29) is 17.4 Å². The number of rotatable bonds is 6. The standard InChI is InChI=1S/C23H28N4O/c1-16-10-9-13-20(14-16)27-18(3)21(25-26-27)22(28)24-17(2)15-23(4,5)19-11-7-6-8-12-19/h6-14,17H,15H2,1-5H3,(H,24,28). The highest BCUT2D eigenvalue weighted by Gasteiger charge is 2.25. The van der Waals surface area contributed by atoms with Crippen LogP contribution in [-0.2, 0) is 5.41 Å². The van der Waals surface area contributed by atoms with Crippen LogP contribution in [0.3, 0.4) is 0 Å². The molecule has 28 heavy (non-hydrogen) atoms. The van der Waals surface area contributed by atoms with E-state index in [4.69, 9.17) is 0 Å². The van der Waals surface area contributed by atoms with Gasteiger partial charge in [-0.05, 0) is 55.9 Å². The molecule has 3 rings (SSSR count). The molecule has 5 nitrogen and oxygen atoms in total. The molecule has 0 saturated heterocycles. The van der Waals surface area contributed by atoms with Crippen molar-refractivity contribution in [2.75, 3.05) is 0 Å². The molecule has 1 N–H and O–H groups in total. The van der Waals surface area contributed by atoms with Crippen LogP contribution in [0.1, 0.15) is 54.5 Å². The summed E-state index contributed by atoms with van der Waals surface area (Å²) in [5.74, 6) is -0.187. The Balaban J connectivity index is 1.71. The predicted molar refractivity (Wildman–Crippen MR) is 112 cm³/mol. The molecule has 0 fully saturated rings. The molecule has 1 amide bonds. The first-order valence-corrected chi connectivity index (χ1v) is 9.63. The second kappa shape index (κ2) is 7.97. The van der Waals surface area contributed by atoms with E-state index in [1.165, 1.54) is 5.56 Å². The highest BCUT2D eigenvalue weighted by atomic mass is 16.2. The van der Waals surface area contributed by atoms with Crippen molar-refractivity contribution in [3.05, 3.63) is 77.1 Å². The fourth-order valence-electron chi connectivity index (χ4n) is 3.66. The number of aryl methyl sites for hydroxylation is 1. The number of nitrogens with one attached hydrogen (secondary N) is 1. The molecule has 1 heterocycles. The molecule has 3 aromatic rings. The van der Waals surface area contributed by atoms with Gasteiger partial charge in [0.05, 0.1) is 11.4 Å². The normalized spacial score (nSPS) is 12.6. The minimum Gasteiger partial charge on any atom is -0.348 e. The lowest BCUT2D eigenvalue weighted by Gasteiger charge is -2.29. The smallest absolute Gasteiger partial charge is 0.273 e. The number of aromatic nitrogens is 3. The fourth-order valence-corrected chi connectivity index (χ4v) is 3.66. The lowest BCUT2D eigenvalue weighted by Crippen LogP contribution is -2.37. The lowest BCUT2D eigenvalue weighted by atomic mass is 9.79. The average Bonchev–Trinajstić information content (AvgIpc) is 3.03. The summed E-state index contributed by atoms with van der Waals surface area (Å²) in [5, 5.41) is 11.4. The van der Waals surface area contributed by atoms with Gasteiger partial charge in [-0.25, -0.2) is 4.68 Å². The highest BCUT2D eigenvalue weighted by molar-refractivity contribution is 5.93. The summed E-state index contributed by atoms with van der Waals surface area (Å²) in [6.07, 6.45) is 0.827. The molecule has 0 aliphatic carbocycles. The molecule has 5 heteroatoms. The van der Waals surface area contributed by atoms with E-state index in [0.29, 0.717) is 5.69 Å². The number of amides is 1. The number of benzene rings is 2. The van der Waals surface area contributed by atoms with Gasteiger partial charge in [-0.2, -0.15) is 0 Å². The van der Waals surface area contributed by atoms with E-state index in [9.17, 15) is 4.79 Å². The van der Waals surface area contributed by atoms with Crippen molar-refractivity contribution in [1.29, 1.82) is 0 Å². The van der Waals surface area contributed by atoms with E-state index >= 15 is 0 Å². The van der Waals surface area contributed by atoms with Crippen molar-refractivity contribution >= 4 is 5.91 Å². The van der Waals surface area contributed by atoms with Crippen LogP contribution in [0, 0.1) is 13.8 Å². The number of hydrogen-bond acceptors (Lipinski definition) is 3. The van der Waals surface area contributed by atoms with Gasteiger partial charge in [0.1, 0.15) is 0 Å². The van der Waals surface area contributed by atoms with Crippen LogP contribution in [0.2, 0.25) is 0 Å². The number of carbonyl (C=O) groups excluding carboxylic acids is 1. The summed E-state index contributed by atoms with van der Waals surface area (Å²) < 4.78 is 1.71. The van der Waals surface area contributed by atoms with Crippen LogP contribution in [0.25, 0.3) is 5.69 Å². The average molecular weight is 377 g/mol. The van der Waals surface area contributed by atoms with Crippen LogP contribution in [0.15, 0.2) is 54.6 Å². The first-order valence-electron chi connectivity index (χ1n) is 9.63. The Morgan fingerprint density at radius 1 is 1.11 bits per heavy atom. The molecule has 0 saturated carbocycles. The van der Waals surface area contributed by atoms with E-state index in [0.717, 1.165) is 23.4 Å². The Kier molecular flexibility index (Phi) is 5.63. The second-order valence-corrected chi connectivity index (χ2v) is 8.10. The number of carbonyl (C=O) groups is 1. The van der Waals surface area contributed by atoms with Gasteiger partial charge in [0, 0.05) is 6.04 Å². The fraction of sp³-hybridized carbons (Fsp3) is 0.348. The molecule has 1 aromatic heterocycles. The summed E-state index contributed by atoms with van der Waals surface area (Å²) in [7, 11) is 0. The summed E-state index contributed by atoms with van der Waals surface area (Å²) >= 11 is 0. The Bertz CT molecular complexity index is 960. The van der Waals surface area contributed by atoms with Crippen molar-refractivity contribution in [1.82, 2.24) is 20.3 Å². The van der Waals surface area contributed by atoms with Crippen LogP contribution >= 0.6 is 0 Å². The Morgan fingerprint density at radius 3 is 2.50 bits per heavy atom. The van der Waals surface area contributed by atoms with Gasteiger partial charge in [-0.3, -0.25) is 4.79 Å². The molecule has 0 bridgehead atoms. The van der Waals surface area contributed by atoms with Gasteiger partial charge in [0.2, 0.25) is 0 Å². The lowest BCUT2D eigenvalue weighted by molar-refractivity contribution is 0.0928. The second-order valence-electron chi connectivity index (χ2n) is 8.10. The summed E-state index contributed by atoms with van der Waals surface area (Å²) in [5.41, 5.74) is 4.36. The quantitative estimate of drug-likeness (QED) is 0.695. The number of hydrogen-bond donors (Lipinski definition) is 1. The molecule has 1 atom stereocenters. The molecule has 146 valence electrons. The monoisotopic (exact) mass is 376 g/mol. The van der Waals surface area contributed by atoms with Crippen molar-refractivity contribution in [2.45, 2.75) is 52.5 Å². The third kappa shape index (κ3) is 4.30. The Morgan fingerprint density at radius 2 is 1.82 bits per heavy atom. The predicted octanol–water partition coefficient (Wildman–Crippen LogP) is 4.37. The molecule has 0 aliphatic rings. The van der Waals surface area contributed by atoms with Crippen molar-refractivity contribution in [2.24, 2.45) is 0 Å². The minimum absolute atomic E-state index is 0.00576. The maximum atomic E-state index is 12.8. The highest BCUT2D eigenvalue weighted by Crippen LogP contribution is 2.28. The molecule has 2 aromatic carbocycles. The van der Waals surface area contributed by atoms with E-state index < -0.39 is 0 Å². The summed E-state index contributed by atoms with van der Waals surface area (Å²) in [6.45, 7) is 10.3. The number of nitrogens with zero attached hydrogens (tertiary/aromatic N) is 3. The minimum atomic E-state index is -0.187. The largest absolute Gasteiger partial charge is 0.348 e. The van der Waals surface area contributed by atoms with Gasteiger partial charge in [0.15, 0.2) is 5.69 Å². The Hall–Kier alpha value is -2.95. The first-order chi connectivity index (χ1) is 13.3. The zero-order chi connectivity index (χ0) is 20.3. The Labute approximate surface area is 166 Å². The molecule has 0 spiro atoms. The molecular weight excluding hydrogens is 348 g/mol. The molecule has 0 radical (unpaired) electrons. The molecule has 1 unspecified atom stereocenters. The summed E-state index contributed by atoms with van der Waals surface area (Å²) in [4.78, 5) is 12.8.